The van der Waals surface area contributed by atoms with Crippen LogP contribution in [0.15, 0.2) is 65.1 Å². The summed E-state index contributed by atoms with van der Waals surface area (Å²) < 4.78 is 12.2. The molecule has 0 amide bonds. The molecule has 0 saturated carbocycles. The van der Waals surface area contributed by atoms with Gasteiger partial charge in [0.1, 0.15) is 18.1 Å². The van der Waals surface area contributed by atoms with Gasteiger partial charge in [-0.1, -0.05) is 42.5 Å². The summed E-state index contributed by atoms with van der Waals surface area (Å²) >= 11 is 3.64. The van der Waals surface area contributed by atoms with Crippen molar-refractivity contribution in [2.75, 3.05) is 7.11 Å². The van der Waals surface area contributed by atoms with Crippen molar-refractivity contribution >= 4 is 26.7 Å². The van der Waals surface area contributed by atoms with Gasteiger partial charge in [0.2, 0.25) is 0 Å². The Labute approximate surface area is 132 Å². The highest BCUT2D eigenvalue weighted by atomic mass is 79.9. The lowest BCUT2D eigenvalue weighted by Crippen LogP contribution is -1.96. The van der Waals surface area contributed by atoms with Crippen molar-refractivity contribution in [1.82, 2.24) is 0 Å². The molecule has 0 aliphatic heterocycles. The van der Waals surface area contributed by atoms with Crippen LogP contribution >= 0.6 is 15.9 Å². The zero-order valence-corrected chi connectivity index (χ0v) is 13.3. The molecule has 0 saturated heterocycles. The van der Waals surface area contributed by atoms with E-state index in [2.05, 4.69) is 34.1 Å². The van der Waals surface area contributed by atoms with Crippen molar-refractivity contribution in [3.63, 3.8) is 0 Å². The van der Waals surface area contributed by atoms with Gasteiger partial charge in [-0.3, -0.25) is 0 Å². The van der Waals surface area contributed by atoms with Gasteiger partial charge in [-0.15, -0.1) is 0 Å². The van der Waals surface area contributed by atoms with Gasteiger partial charge in [0.25, 0.3) is 0 Å². The Bertz CT molecular complexity index is 754. The molecule has 0 atom stereocenters. The summed E-state index contributed by atoms with van der Waals surface area (Å²) in [4.78, 5) is 0. The average molecular weight is 343 g/mol. The van der Waals surface area contributed by atoms with Crippen LogP contribution in [-0.4, -0.2) is 7.11 Å². The van der Waals surface area contributed by atoms with E-state index in [0.29, 0.717) is 6.61 Å². The highest BCUT2D eigenvalue weighted by Gasteiger charge is 2.07. The van der Waals surface area contributed by atoms with E-state index in [-0.39, 0.29) is 0 Å². The van der Waals surface area contributed by atoms with Gasteiger partial charge in [0.15, 0.2) is 0 Å². The molecule has 0 aliphatic carbocycles. The Kier molecular flexibility index (Phi) is 4.11. The first kappa shape index (κ1) is 14.0. The average Bonchev–Trinajstić information content (AvgIpc) is 2.55. The SMILES string of the molecule is COc1ccc2ccc(OCc3ccccc3)c(Br)c2c1. The number of benzene rings is 3. The third-order valence-corrected chi connectivity index (χ3v) is 4.18. The van der Waals surface area contributed by atoms with Crippen LogP contribution in [0.25, 0.3) is 10.8 Å². The summed E-state index contributed by atoms with van der Waals surface area (Å²) in [7, 11) is 1.67. The quantitative estimate of drug-likeness (QED) is 0.649. The van der Waals surface area contributed by atoms with E-state index in [4.69, 9.17) is 9.47 Å². The van der Waals surface area contributed by atoms with Gasteiger partial charge >= 0.3 is 0 Å². The second-order valence-electron chi connectivity index (χ2n) is 4.74. The predicted octanol–water partition coefficient (Wildman–Crippen LogP) is 5.19. The summed E-state index contributed by atoms with van der Waals surface area (Å²) in [6, 6.07) is 20.2. The molecule has 0 radical (unpaired) electrons. The first-order valence-electron chi connectivity index (χ1n) is 6.71. The van der Waals surface area contributed by atoms with Crippen molar-refractivity contribution in [1.29, 1.82) is 0 Å². The Morgan fingerprint density at radius 1 is 0.952 bits per heavy atom. The minimum absolute atomic E-state index is 0.551. The maximum atomic E-state index is 5.92. The summed E-state index contributed by atoms with van der Waals surface area (Å²) in [5, 5.41) is 2.23. The lowest BCUT2D eigenvalue weighted by Gasteiger charge is -2.11. The first-order chi connectivity index (χ1) is 10.3. The summed E-state index contributed by atoms with van der Waals surface area (Å²) in [5.41, 5.74) is 1.15. The normalized spacial score (nSPS) is 10.6. The van der Waals surface area contributed by atoms with E-state index in [9.17, 15) is 0 Å². The lowest BCUT2D eigenvalue weighted by molar-refractivity contribution is 0.305. The number of fused-ring (bicyclic) bond motifs is 1. The second kappa shape index (κ2) is 6.19. The molecular formula is C18H15BrO2. The van der Waals surface area contributed by atoms with Crippen molar-refractivity contribution in [2.45, 2.75) is 6.61 Å². The fraction of sp³-hybridized carbons (Fsp3) is 0.111. The molecule has 0 aromatic heterocycles. The van der Waals surface area contributed by atoms with E-state index in [1.165, 1.54) is 0 Å². The topological polar surface area (TPSA) is 18.5 Å². The lowest BCUT2D eigenvalue weighted by atomic mass is 10.1. The molecule has 106 valence electrons. The monoisotopic (exact) mass is 342 g/mol. The van der Waals surface area contributed by atoms with E-state index in [1.807, 2.05) is 42.5 Å². The van der Waals surface area contributed by atoms with Gasteiger partial charge in [-0.2, -0.15) is 0 Å². The van der Waals surface area contributed by atoms with Gasteiger partial charge in [-0.25, -0.2) is 0 Å². The largest absolute Gasteiger partial charge is 0.497 e. The van der Waals surface area contributed by atoms with Crippen molar-refractivity contribution in [3.8, 4) is 11.5 Å². The fourth-order valence-electron chi connectivity index (χ4n) is 2.22. The fourth-order valence-corrected chi connectivity index (χ4v) is 2.81. The van der Waals surface area contributed by atoms with Crippen LogP contribution in [-0.2, 0) is 6.61 Å². The molecule has 3 aromatic rings. The maximum absolute atomic E-state index is 5.92. The smallest absolute Gasteiger partial charge is 0.134 e. The number of rotatable bonds is 4. The summed E-state index contributed by atoms with van der Waals surface area (Å²) in [6.07, 6.45) is 0. The third-order valence-electron chi connectivity index (χ3n) is 3.36. The molecule has 0 aliphatic rings. The van der Waals surface area contributed by atoms with Crippen LogP contribution in [0.2, 0.25) is 0 Å². The highest BCUT2D eigenvalue weighted by Crippen LogP contribution is 2.35. The Hall–Kier alpha value is -2.00. The molecule has 0 bridgehead atoms. The van der Waals surface area contributed by atoms with Crippen molar-refractivity contribution < 1.29 is 9.47 Å². The molecule has 3 aromatic carbocycles. The maximum Gasteiger partial charge on any atom is 0.134 e. The number of methoxy groups -OCH3 is 1. The molecule has 2 nitrogen and oxygen atoms in total. The molecular weight excluding hydrogens is 328 g/mol. The van der Waals surface area contributed by atoms with E-state index >= 15 is 0 Å². The molecule has 0 unspecified atom stereocenters. The van der Waals surface area contributed by atoms with Crippen LogP contribution in [0.4, 0.5) is 0 Å². The van der Waals surface area contributed by atoms with Gasteiger partial charge in [0.05, 0.1) is 11.6 Å². The molecule has 21 heavy (non-hydrogen) atoms. The third kappa shape index (κ3) is 3.03. The van der Waals surface area contributed by atoms with Gasteiger partial charge in [-0.05, 0) is 45.1 Å². The second-order valence-corrected chi connectivity index (χ2v) is 5.53. The molecule has 0 heterocycles. The Morgan fingerprint density at radius 2 is 1.71 bits per heavy atom. The van der Waals surface area contributed by atoms with Crippen LogP contribution in [0.3, 0.4) is 0 Å². The van der Waals surface area contributed by atoms with Crippen molar-refractivity contribution in [3.05, 3.63) is 70.7 Å². The zero-order chi connectivity index (χ0) is 14.7. The number of hydrogen-bond acceptors (Lipinski definition) is 2. The molecule has 0 N–H and O–H groups in total. The molecule has 0 spiro atoms. The van der Waals surface area contributed by atoms with Crippen LogP contribution in [0.5, 0.6) is 11.5 Å². The highest BCUT2D eigenvalue weighted by molar-refractivity contribution is 9.10. The summed E-state index contributed by atoms with van der Waals surface area (Å²) in [6.45, 7) is 0.551. The number of ether oxygens (including phenoxy) is 2. The minimum atomic E-state index is 0.551. The van der Waals surface area contributed by atoms with E-state index < -0.39 is 0 Å². The van der Waals surface area contributed by atoms with Crippen molar-refractivity contribution in [2.24, 2.45) is 0 Å². The molecule has 3 rings (SSSR count). The molecule has 0 fully saturated rings. The number of halogens is 1. The zero-order valence-electron chi connectivity index (χ0n) is 11.7. The van der Waals surface area contributed by atoms with Gasteiger partial charge < -0.3 is 9.47 Å². The Balaban J connectivity index is 1.90. The standard InChI is InChI=1S/C18H15BrO2/c1-20-15-9-7-14-8-10-17(18(19)16(14)11-15)21-12-13-5-3-2-4-6-13/h2-11H,12H2,1H3. The van der Waals surface area contributed by atoms with Gasteiger partial charge in [0, 0.05) is 5.39 Å². The minimum Gasteiger partial charge on any atom is -0.497 e. The van der Waals surface area contributed by atoms with E-state index in [0.717, 1.165) is 32.3 Å². The Morgan fingerprint density at radius 3 is 2.48 bits per heavy atom. The van der Waals surface area contributed by atoms with Crippen LogP contribution in [0.1, 0.15) is 5.56 Å². The van der Waals surface area contributed by atoms with E-state index in [1.54, 1.807) is 7.11 Å². The predicted molar refractivity (Wildman–Crippen MR) is 89.0 cm³/mol. The molecule has 3 heteroatoms. The van der Waals surface area contributed by atoms with Crippen LogP contribution < -0.4 is 9.47 Å². The first-order valence-corrected chi connectivity index (χ1v) is 7.50. The van der Waals surface area contributed by atoms with Crippen LogP contribution in [0, 0.1) is 0 Å². The number of hydrogen-bond donors (Lipinski definition) is 0. The summed E-state index contributed by atoms with van der Waals surface area (Å²) in [5.74, 6) is 1.67.